The molecular formula is C27H23NO5. The Bertz CT molecular complexity index is 1400. The Hall–Kier alpha value is -4.06. The van der Waals surface area contributed by atoms with Crippen molar-refractivity contribution in [2.45, 2.75) is 19.4 Å². The summed E-state index contributed by atoms with van der Waals surface area (Å²) in [5, 5.41) is 10.2. The number of fused-ring (bicyclic) bond motifs is 2. The number of phenols is 1. The van der Waals surface area contributed by atoms with E-state index in [1.165, 1.54) is 0 Å². The van der Waals surface area contributed by atoms with E-state index in [9.17, 15) is 14.7 Å². The van der Waals surface area contributed by atoms with Crippen LogP contribution in [0.1, 0.15) is 38.9 Å². The first-order valence-electron chi connectivity index (χ1n) is 10.8. The molecule has 0 spiro atoms. The minimum atomic E-state index is -0.590. The van der Waals surface area contributed by atoms with Crippen molar-refractivity contribution in [3.8, 4) is 11.5 Å². The molecule has 166 valence electrons. The maximum Gasteiger partial charge on any atom is 0.290 e. The summed E-state index contributed by atoms with van der Waals surface area (Å²) in [6.45, 7) is 2.31. The van der Waals surface area contributed by atoms with Gasteiger partial charge in [0.25, 0.3) is 5.91 Å². The van der Waals surface area contributed by atoms with E-state index in [0.29, 0.717) is 29.5 Å². The summed E-state index contributed by atoms with van der Waals surface area (Å²) in [5.41, 5.74) is 3.28. The molecule has 0 fully saturated rings. The van der Waals surface area contributed by atoms with Crippen LogP contribution in [0.5, 0.6) is 11.5 Å². The number of hydrogen-bond acceptors (Lipinski definition) is 5. The van der Waals surface area contributed by atoms with Gasteiger partial charge in [-0.3, -0.25) is 9.59 Å². The van der Waals surface area contributed by atoms with Crippen LogP contribution in [0.2, 0.25) is 0 Å². The Morgan fingerprint density at radius 1 is 1.00 bits per heavy atom. The first-order chi connectivity index (χ1) is 16.0. The van der Waals surface area contributed by atoms with Crippen LogP contribution in [-0.2, 0) is 6.42 Å². The Balaban J connectivity index is 1.60. The van der Waals surface area contributed by atoms with Gasteiger partial charge in [0.05, 0.1) is 24.1 Å². The molecule has 1 aromatic heterocycles. The Morgan fingerprint density at radius 2 is 1.73 bits per heavy atom. The van der Waals surface area contributed by atoms with Gasteiger partial charge < -0.3 is 19.2 Å². The summed E-state index contributed by atoms with van der Waals surface area (Å²) < 4.78 is 11.2. The predicted octanol–water partition coefficient (Wildman–Crippen LogP) is 4.60. The fraction of sp³-hybridized carbons (Fsp3) is 0.185. The summed E-state index contributed by atoms with van der Waals surface area (Å²) in [4.78, 5) is 28.7. The smallest absolute Gasteiger partial charge is 0.290 e. The minimum absolute atomic E-state index is 0.0872. The van der Waals surface area contributed by atoms with Gasteiger partial charge in [-0.1, -0.05) is 35.9 Å². The molecule has 2 heterocycles. The zero-order chi connectivity index (χ0) is 23.1. The van der Waals surface area contributed by atoms with E-state index in [2.05, 4.69) is 0 Å². The molecule has 5 rings (SSSR count). The van der Waals surface area contributed by atoms with Crippen molar-refractivity contribution in [1.29, 1.82) is 0 Å². The molecule has 1 aliphatic heterocycles. The van der Waals surface area contributed by atoms with E-state index in [1.807, 2.05) is 37.3 Å². The number of rotatable bonds is 5. The molecular weight excluding hydrogens is 418 g/mol. The van der Waals surface area contributed by atoms with Crippen LogP contribution in [0.15, 0.2) is 75.9 Å². The third-order valence-corrected chi connectivity index (χ3v) is 6.13. The Labute approximate surface area is 190 Å². The first kappa shape index (κ1) is 20.8. The highest BCUT2D eigenvalue weighted by molar-refractivity contribution is 5.99. The quantitative estimate of drug-likeness (QED) is 0.490. The lowest BCUT2D eigenvalue weighted by Gasteiger charge is -2.25. The highest BCUT2D eigenvalue weighted by Crippen LogP contribution is 2.38. The molecule has 1 amide bonds. The number of amides is 1. The lowest BCUT2D eigenvalue weighted by atomic mass is 9.98. The lowest BCUT2D eigenvalue weighted by Crippen LogP contribution is -2.31. The van der Waals surface area contributed by atoms with Gasteiger partial charge in [-0.25, -0.2) is 0 Å². The van der Waals surface area contributed by atoms with Crippen LogP contribution in [-0.4, -0.2) is 29.6 Å². The molecule has 0 radical (unpaired) electrons. The number of methoxy groups -OCH3 is 1. The van der Waals surface area contributed by atoms with Crippen molar-refractivity contribution >= 4 is 16.9 Å². The molecule has 6 heteroatoms. The second kappa shape index (κ2) is 8.13. The number of ether oxygens (including phenoxy) is 1. The molecule has 33 heavy (non-hydrogen) atoms. The summed E-state index contributed by atoms with van der Waals surface area (Å²) in [6.07, 6.45) is 0.602. The number of carbonyl (C=O) groups excluding carboxylic acids is 1. The van der Waals surface area contributed by atoms with E-state index in [4.69, 9.17) is 9.15 Å². The van der Waals surface area contributed by atoms with Crippen LogP contribution in [0.4, 0.5) is 0 Å². The van der Waals surface area contributed by atoms with Gasteiger partial charge in [0, 0.05) is 6.54 Å². The van der Waals surface area contributed by atoms with Crippen molar-refractivity contribution in [2.24, 2.45) is 0 Å². The third-order valence-electron chi connectivity index (χ3n) is 6.13. The highest BCUT2D eigenvalue weighted by atomic mass is 16.5. The van der Waals surface area contributed by atoms with Crippen LogP contribution < -0.4 is 10.2 Å². The van der Waals surface area contributed by atoms with E-state index in [0.717, 1.165) is 22.4 Å². The van der Waals surface area contributed by atoms with Gasteiger partial charge >= 0.3 is 0 Å². The molecule has 1 unspecified atom stereocenters. The second-order valence-corrected chi connectivity index (χ2v) is 8.26. The molecule has 1 atom stereocenters. The highest BCUT2D eigenvalue weighted by Gasteiger charge is 2.42. The average molecular weight is 441 g/mol. The molecule has 1 aliphatic rings. The second-order valence-electron chi connectivity index (χ2n) is 8.26. The van der Waals surface area contributed by atoms with Crippen LogP contribution in [0.3, 0.4) is 0 Å². The molecule has 3 aromatic carbocycles. The monoisotopic (exact) mass is 441 g/mol. The molecule has 4 aromatic rings. The minimum Gasteiger partial charge on any atom is -0.508 e. The normalized spacial score (nSPS) is 15.2. The van der Waals surface area contributed by atoms with E-state index in [-0.39, 0.29) is 22.8 Å². The summed E-state index contributed by atoms with van der Waals surface area (Å²) in [7, 11) is 1.62. The molecule has 0 aliphatic carbocycles. The van der Waals surface area contributed by atoms with Crippen LogP contribution >= 0.6 is 0 Å². The van der Waals surface area contributed by atoms with E-state index < -0.39 is 6.04 Å². The van der Waals surface area contributed by atoms with Gasteiger partial charge in [0.1, 0.15) is 17.1 Å². The average Bonchev–Trinajstić information content (AvgIpc) is 3.11. The number of nitrogens with zero attached hydrogens (tertiary/aromatic N) is 1. The van der Waals surface area contributed by atoms with Crippen molar-refractivity contribution in [3.05, 3.63) is 105 Å². The zero-order valence-electron chi connectivity index (χ0n) is 18.4. The molecule has 0 bridgehead atoms. The van der Waals surface area contributed by atoms with E-state index in [1.54, 1.807) is 48.4 Å². The van der Waals surface area contributed by atoms with Gasteiger partial charge in [0.15, 0.2) is 5.43 Å². The zero-order valence-corrected chi connectivity index (χ0v) is 18.4. The molecule has 6 nitrogen and oxygen atoms in total. The molecule has 0 saturated carbocycles. The van der Waals surface area contributed by atoms with Gasteiger partial charge in [-0.2, -0.15) is 0 Å². The number of aryl methyl sites for hydroxylation is 1. The van der Waals surface area contributed by atoms with Crippen molar-refractivity contribution in [1.82, 2.24) is 4.90 Å². The van der Waals surface area contributed by atoms with Gasteiger partial charge in [-0.15, -0.1) is 0 Å². The predicted molar refractivity (Wildman–Crippen MR) is 125 cm³/mol. The molecule has 0 saturated heterocycles. The summed E-state index contributed by atoms with van der Waals surface area (Å²) in [5.74, 6) is 0.664. The van der Waals surface area contributed by atoms with E-state index >= 15 is 0 Å². The summed E-state index contributed by atoms with van der Waals surface area (Å²) in [6, 6.07) is 19.1. The van der Waals surface area contributed by atoms with Gasteiger partial charge in [0.2, 0.25) is 5.76 Å². The summed E-state index contributed by atoms with van der Waals surface area (Å²) >= 11 is 0. The largest absolute Gasteiger partial charge is 0.508 e. The first-order valence-corrected chi connectivity index (χ1v) is 10.8. The topological polar surface area (TPSA) is 80.0 Å². The number of aromatic hydroxyl groups is 1. The van der Waals surface area contributed by atoms with Crippen LogP contribution in [0.25, 0.3) is 11.0 Å². The standard InChI is InChI=1S/C27H23NO5/c1-16-3-12-22-21(15-16)25(30)23-24(18-6-8-19(29)9-7-18)28(27(31)26(23)33-22)14-13-17-4-10-20(32-2)11-5-17/h3-12,15,24,29H,13-14H2,1-2H3. The van der Waals surface area contributed by atoms with Crippen molar-refractivity contribution in [3.63, 3.8) is 0 Å². The van der Waals surface area contributed by atoms with Crippen LogP contribution in [0, 0.1) is 6.92 Å². The number of benzene rings is 3. The third kappa shape index (κ3) is 3.63. The molecule has 1 N–H and O–H groups in total. The van der Waals surface area contributed by atoms with Crippen molar-refractivity contribution < 1.29 is 19.1 Å². The maximum atomic E-state index is 13.6. The van der Waals surface area contributed by atoms with Crippen molar-refractivity contribution in [2.75, 3.05) is 13.7 Å². The fourth-order valence-corrected chi connectivity index (χ4v) is 4.41. The number of phenolic OH excluding ortho intramolecular Hbond substituents is 1. The Morgan fingerprint density at radius 3 is 2.42 bits per heavy atom. The number of carbonyl (C=O) groups is 1. The lowest BCUT2D eigenvalue weighted by molar-refractivity contribution is 0.0730. The number of hydrogen-bond donors (Lipinski definition) is 1. The maximum absolute atomic E-state index is 13.6. The SMILES string of the molecule is COc1ccc(CCN2C(=O)c3oc4ccc(C)cc4c(=O)c3C2c2ccc(O)cc2)cc1. The Kier molecular flexibility index (Phi) is 5.13. The van der Waals surface area contributed by atoms with Gasteiger partial charge in [-0.05, 0) is 60.9 Å². The fourth-order valence-electron chi connectivity index (χ4n) is 4.41.